The maximum absolute atomic E-state index is 10.4. The molecule has 2 rings (SSSR count). The Bertz CT molecular complexity index is 221. The summed E-state index contributed by atoms with van der Waals surface area (Å²) in [6.07, 6.45) is 10.2. The number of nitrogens with one attached hydrogen (secondary N) is 1. The largest absolute Gasteiger partial charge is 0.370 e. The van der Waals surface area contributed by atoms with E-state index in [1.807, 2.05) is 0 Å². The highest BCUT2D eigenvalue weighted by molar-refractivity contribution is 5.73. The van der Waals surface area contributed by atoms with E-state index >= 15 is 0 Å². The van der Waals surface area contributed by atoms with Gasteiger partial charge in [0.05, 0.1) is 0 Å². The molecule has 106 valence electrons. The zero-order chi connectivity index (χ0) is 13.2. The van der Waals surface area contributed by atoms with Gasteiger partial charge in [0.25, 0.3) is 0 Å². The minimum absolute atomic E-state index is 0.188. The van der Waals surface area contributed by atoms with Crippen molar-refractivity contribution < 1.29 is 4.79 Å². The monoisotopic (exact) mass is 255 g/mol. The molecule has 0 spiro atoms. The van der Waals surface area contributed by atoms with Crippen LogP contribution in [0.3, 0.4) is 0 Å². The summed E-state index contributed by atoms with van der Waals surface area (Å²) >= 11 is 0. The molecule has 1 saturated heterocycles. The number of carbonyl (C=O) groups excluding carboxylic acids is 1. The first-order valence-electron chi connectivity index (χ1n) is 7.40. The summed E-state index contributed by atoms with van der Waals surface area (Å²) in [6.45, 7) is 3.15. The zero-order valence-electron chi connectivity index (χ0n) is 11.8. The summed E-state index contributed by atoms with van der Waals surface area (Å²) in [5, 5.41) is 3.30. The fourth-order valence-electron chi connectivity index (χ4n) is 2.67. The van der Waals surface area contributed by atoms with Crippen LogP contribution in [0.25, 0.3) is 0 Å². The third kappa shape index (κ3) is 6.97. The Balaban J connectivity index is 0.000000184. The molecule has 1 saturated carbocycles. The SMILES string of the molecule is CNC1CCCCC1.NC(=O)CCN1CCCC1. The maximum Gasteiger partial charge on any atom is 0.218 e. The molecule has 0 aromatic carbocycles. The molecule has 0 aromatic rings. The van der Waals surface area contributed by atoms with Gasteiger partial charge in [-0.15, -0.1) is 0 Å². The van der Waals surface area contributed by atoms with Crippen LogP contribution in [0.2, 0.25) is 0 Å². The standard InChI is InChI=1S/C7H14N2O.C7H15N/c8-7(10)3-6-9-4-1-2-5-9;1-8-7-5-3-2-4-6-7/h1-6H2,(H2,8,10);7-8H,2-6H2,1H3. The van der Waals surface area contributed by atoms with Gasteiger partial charge in [0.15, 0.2) is 0 Å². The summed E-state index contributed by atoms with van der Waals surface area (Å²) in [5.74, 6) is -0.188. The quantitative estimate of drug-likeness (QED) is 0.800. The van der Waals surface area contributed by atoms with Crippen LogP contribution in [0.4, 0.5) is 0 Å². The number of carbonyl (C=O) groups is 1. The van der Waals surface area contributed by atoms with E-state index in [-0.39, 0.29) is 5.91 Å². The van der Waals surface area contributed by atoms with Crippen molar-refractivity contribution >= 4 is 5.91 Å². The van der Waals surface area contributed by atoms with Gasteiger partial charge >= 0.3 is 0 Å². The first kappa shape index (κ1) is 15.4. The molecule has 4 heteroatoms. The summed E-state index contributed by atoms with van der Waals surface area (Å²) in [6, 6.07) is 0.837. The van der Waals surface area contributed by atoms with Crippen molar-refractivity contribution in [2.45, 2.75) is 57.4 Å². The number of hydrogen-bond acceptors (Lipinski definition) is 3. The van der Waals surface area contributed by atoms with E-state index in [1.54, 1.807) is 0 Å². The second-order valence-electron chi connectivity index (χ2n) is 5.39. The van der Waals surface area contributed by atoms with Gasteiger partial charge in [-0.2, -0.15) is 0 Å². The summed E-state index contributed by atoms with van der Waals surface area (Å²) in [4.78, 5) is 12.6. The lowest BCUT2D eigenvalue weighted by Crippen LogP contribution is -2.26. The van der Waals surface area contributed by atoms with Crippen LogP contribution in [0.15, 0.2) is 0 Å². The summed E-state index contributed by atoms with van der Waals surface area (Å²) < 4.78 is 0. The summed E-state index contributed by atoms with van der Waals surface area (Å²) in [7, 11) is 2.07. The fraction of sp³-hybridized carbons (Fsp3) is 0.929. The molecule has 4 nitrogen and oxygen atoms in total. The molecule has 1 aliphatic heterocycles. The third-order valence-corrected chi connectivity index (χ3v) is 3.89. The molecule has 0 atom stereocenters. The number of nitrogens with zero attached hydrogens (tertiary/aromatic N) is 1. The van der Waals surface area contributed by atoms with Crippen molar-refractivity contribution in [3.05, 3.63) is 0 Å². The number of amides is 1. The van der Waals surface area contributed by atoms with E-state index in [4.69, 9.17) is 5.73 Å². The van der Waals surface area contributed by atoms with Crippen molar-refractivity contribution in [2.75, 3.05) is 26.7 Å². The molecule has 1 aliphatic carbocycles. The van der Waals surface area contributed by atoms with Gasteiger partial charge < -0.3 is 16.0 Å². The first-order valence-corrected chi connectivity index (χ1v) is 7.40. The van der Waals surface area contributed by atoms with Crippen LogP contribution < -0.4 is 11.1 Å². The maximum atomic E-state index is 10.4. The van der Waals surface area contributed by atoms with E-state index in [1.165, 1.54) is 44.9 Å². The molecule has 2 aliphatic rings. The van der Waals surface area contributed by atoms with Crippen LogP contribution in [0.1, 0.15) is 51.4 Å². The number of nitrogens with two attached hydrogens (primary N) is 1. The van der Waals surface area contributed by atoms with Crippen LogP contribution in [0.5, 0.6) is 0 Å². The molecule has 1 amide bonds. The molecule has 0 radical (unpaired) electrons. The van der Waals surface area contributed by atoms with Gasteiger partial charge in [0, 0.05) is 19.0 Å². The highest BCUT2D eigenvalue weighted by Gasteiger charge is 2.11. The molecule has 2 fully saturated rings. The second kappa shape index (κ2) is 9.34. The molecule has 18 heavy (non-hydrogen) atoms. The summed E-state index contributed by atoms with van der Waals surface area (Å²) in [5.41, 5.74) is 5.00. The molecular formula is C14H29N3O. The lowest BCUT2D eigenvalue weighted by Gasteiger charge is -2.20. The third-order valence-electron chi connectivity index (χ3n) is 3.89. The van der Waals surface area contributed by atoms with Gasteiger partial charge in [0.1, 0.15) is 0 Å². The van der Waals surface area contributed by atoms with Gasteiger partial charge in [-0.25, -0.2) is 0 Å². The Morgan fingerprint density at radius 1 is 1.17 bits per heavy atom. The van der Waals surface area contributed by atoms with Gasteiger partial charge in [0.2, 0.25) is 5.91 Å². The number of rotatable bonds is 4. The minimum Gasteiger partial charge on any atom is -0.370 e. The lowest BCUT2D eigenvalue weighted by molar-refractivity contribution is -0.118. The lowest BCUT2D eigenvalue weighted by atomic mass is 9.96. The van der Waals surface area contributed by atoms with E-state index in [0.717, 1.165) is 25.7 Å². The highest BCUT2D eigenvalue weighted by Crippen LogP contribution is 2.16. The Morgan fingerprint density at radius 2 is 1.78 bits per heavy atom. The predicted octanol–water partition coefficient (Wildman–Crippen LogP) is 1.50. The molecule has 1 heterocycles. The van der Waals surface area contributed by atoms with Crippen molar-refractivity contribution in [3.63, 3.8) is 0 Å². The van der Waals surface area contributed by atoms with Crippen LogP contribution in [-0.4, -0.2) is 43.5 Å². The van der Waals surface area contributed by atoms with Crippen molar-refractivity contribution in [3.8, 4) is 0 Å². The average Bonchev–Trinajstić information content (AvgIpc) is 2.91. The predicted molar refractivity (Wildman–Crippen MR) is 75.4 cm³/mol. The smallest absolute Gasteiger partial charge is 0.218 e. The molecule has 0 bridgehead atoms. The van der Waals surface area contributed by atoms with Crippen molar-refractivity contribution in [2.24, 2.45) is 5.73 Å². The van der Waals surface area contributed by atoms with Gasteiger partial charge in [-0.05, 0) is 45.8 Å². The topological polar surface area (TPSA) is 58.4 Å². The van der Waals surface area contributed by atoms with E-state index in [0.29, 0.717) is 6.42 Å². The number of primary amides is 1. The van der Waals surface area contributed by atoms with E-state index in [9.17, 15) is 4.79 Å². The Labute approximate surface area is 111 Å². The molecule has 0 aromatic heterocycles. The molecule has 0 unspecified atom stereocenters. The fourth-order valence-corrected chi connectivity index (χ4v) is 2.67. The zero-order valence-corrected chi connectivity index (χ0v) is 11.8. The van der Waals surface area contributed by atoms with E-state index < -0.39 is 0 Å². The highest BCUT2D eigenvalue weighted by atomic mass is 16.1. The minimum atomic E-state index is -0.188. The molecular weight excluding hydrogens is 226 g/mol. The average molecular weight is 255 g/mol. The first-order chi connectivity index (χ1) is 8.72. The molecule has 3 N–H and O–H groups in total. The van der Waals surface area contributed by atoms with Crippen LogP contribution in [0, 0.1) is 0 Å². The number of likely N-dealkylation sites (tertiary alicyclic amines) is 1. The normalized spacial score (nSPS) is 21.4. The second-order valence-corrected chi connectivity index (χ2v) is 5.39. The van der Waals surface area contributed by atoms with Crippen molar-refractivity contribution in [1.82, 2.24) is 10.2 Å². The Hall–Kier alpha value is -0.610. The Morgan fingerprint density at radius 3 is 2.22 bits per heavy atom. The van der Waals surface area contributed by atoms with Gasteiger partial charge in [-0.1, -0.05) is 19.3 Å². The van der Waals surface area contributed by atoms with Crippen molar-refractivity contribution in [1.29, 1.82) is 0 Å². The van der Waals surface area contributed by atoms with Crippen LogP contribution >= 0.6 is 0 Å². The number of hydrogen-bond donors (Lipinski definition) is 2. The Kier molecular flexibility index (Phi) is 8.01. The van der Waals surface area contributed by atoms with E-state index in [2.05, 4.69) is 17.3 Å². The van der Waals surface area contributed by atoms with Gasteiger partial charge in [-0.3, -0.25) is 4.79 Å². The van der Waals surface area contributed by atoms with Crippen LogP contribution in [-0.2, 0) is 4.79 Å².